The zero-order valence-corrected chi connectivity index (χ0v) is 9.49. The first-order valence-corrected chi connectivity index (χ1v) is 5.78. The molecule has 88 valence electrons. The fourth-order valence-electron chi connectivity index (χ4n) is 1.79. The summed E-state index contributed by atoms with van der Waals surface area (Å²) in [5, 5.41) is 2.82. The van der Waals surface area contributed by atoms with Gasteiger partial charge in [0.15, 0.2) is 5.76 Å². The first-order chi connectivity index (χ1) is 7.79. The fourth-order valence-corrected chi connectivity index (χ4v) is 1.79. The van der Waals surface area contributed by atoms with Crippen molar-refractivity contribution in [3.05, 3.63) is 23.7 Å². The molecule has 1 amide bonds. The van der Waals surface area contributed by atoms with E-state index in [1.165, 1.54) is 0 Å². The van der Waals surface area contributed by atoms with Crippen molar-refractivity contribution in [3.8, 4) is 0 Å². The molecule has 4 heteroatoms. The molecule has 1 aliphatic heterocycles. The zero-order valence-electron chi connectivity index (χ0n) is 9.49. The van der Waals surface area contributed by atoms with Crippen LogP contribution in [0, 0.1) is 0 Å². The van der Waals surface area contributed by atoms with Crippen molar-refractivity contribution in [1.82, 2.24) is 5.32 Å². The molecule has 0 aromatic carbocycles. The van der Waals surface area contributed by atoms with E-state index in [0.717, 1.165) is 31.6 Å². The normalized spacial score (nSPS) is 19.9. The lowest BCUT2D eigenvalue weighted by Gasteiger charge is -2.09. The number of ether oxygens (including phenoxy) is 1. The van der Waals surface area contributed by atoms with Gasteiger partial charge in [0.1, 0.15) is 5.76 Å². The number of rotatable bonds is 4. The number of nitrogens with one attached hydrogen (secondary N) is 1. The third-order valence-electron chi connectivity index (χ3n) is 2.75. The average molecular weight is 223 g/mol. The molecule has 1 saturated heterocycles. The molecule has 0 spiro atoms. The summed E-state index contributed by atoms with van der Waals surface area (Å²) in [5.74, 6) is 1.06. The van der Waals surface area contributed by atoms with Gasteiger partial charge in [0, 0.05) is 19.6 Å². The molecule has 16 heavy (non-hydrogen) atoms. The van der Waals surface area contributed by atoms with Crippen LogP contribution in [0.3, 0.4) is 0 Å². The minimum atomic E-state index is -0.157. The molecule has 2 rings (SSSR count). The minimum absolute atomic E-state index is 0.157. The highest BCUT2D eigenvalue weighted by molar-refractivity contribution is 5.91. The van der Waals surface area contributed by atoms with Gasteiger partial charge in [-0.2, -0.15) is 0 Å². The highest BCUT2D eigenvalue weighted by Crippen LogP contribution is 2.12. The summed E-state index contributed by atoms with van der Waals surface area (Å²) in [6, 6.07) is 3.55. The van der Waals surface area contributed by atoms with Crippen LogP contribution in [0.25, 0.3) is 0 Å². The molecule has 0 saturated carbocycles. The summed E-state index contributed by atoms with van der Waals surface area (Å²) in [4.78, 5) is 11.7. The first kappa shape index (κ1) is 11.2. The van der Waals surface area contributed by atoms with Gasteiger partial charge in [0.25, 0.3) is 5.91 Å². The van der Waals surface area contributed by atoms with Gasteiger partial charge in [0.05, 0.1) is 6.10 Å². The molecule has 4 nitrogen and oxygen atoms in total. The summed E-state index contributed by atoms with van der Waals surface area (Å²) < 4.78 is 10.8. The summed E-state index contributed by atoms with van der Waals surface area (Å²) in [5.41, 5.74) is 0. The molecule has 2 heterocycles. The molecule has 0 unspecified atom stereocenters. The Kier molecular flexibility index (Phi) is 3.62. The van der Waals surface area contributed by atoms with E-state index < -0.39 is 0 Å². The Morgan fingerprint density at radius 1 is 1.56 bits per heavy atom. The van der Waals surface area contributed by atoms with Crippen LogP contribution in [0.4, 0.5) is 0 Å². The number of carbonyl (C=O) groups is 1. The molecule has 0 bridgehead atoms. The van der Waals surface area contributed by atoms with Gasteiger partial charge in [-0.05, 0) is 25.0 Å². The molecule has 1 aliphatic rings. The van der Waals surface area contributed by atoms with E-state index in [9.17, 15) is 4.79 Å². The van der Waals surface area contributed by atoms with Crippen LogP contribution in [0.15, 0.2) is 16.5 Å². The zero-order chi connectivity index (χ0) is 11.4. The highest BCUT2D eigenvalue weighted by atomic mass is 16.5. The van der Waals surface area contributed by atoms with Crippen LogP contribution in [-0.2, 0) is 11.2 Å². The topological polar surface area (TPSA) is 51.5 Å². The van der Waals surface area contributed by atoms with Crippen molar-refractivity contribution in [2.24, 2.45) is 0 Å². The third-order valence-corrected chi connectivity index (χ3v) is 2.75. The molecular formula is C12H17NO3. The summed E-state index contributed by atoms with van der Waals surface area (Å²) in [6.45, 7) is 3.37. The Hall–Kier alpha value is -1.29. The van der Waals surface area contributed by atoms with Crippen molar-refractivity contribution in [2.45, 2.75) is 32.3 Å². The Morgan fingerprint density at radius 2 is 2.44 bits per heavy atom. The van der Waals surface area contributed by atoms with E-state index in [1.54, 1.807) is 6.07 Å². The van der Waals surface area contributed by atoms with Crippen molar-refractivity contribution >= 4 is 5.91 Å². The van der Waals surface area contributed by atoms with Gasteiger partial charge in [-0.1, -0.05) is 6.92 Å². The van der Waals surface area contributed by atoms with Crippen LogP contribution < -0.4 is 5.32 Å². The molecule has 0 aliphatic carbocycles. The van der Waals surface area contributed by atoms with Gasteiger partial charge < -0.3 is 14.5 Å². The van der Waals surface area contributed by atoms with Crippen LogP contribution in [0.2, 0.25) is 0 Å². The van der Waals surface area contributed by atoms with E-state index in [0.29, 0.717) is 12.3 Å². The Labute approximate surface area is 95.0 Å². The third kappa shape index (κ3) is 2.64. The second kappa shape index (κ2) is 5.16. The molecule has 1 aromatic heterocycles. The quantitative estimate of drug-likeness (QED) is 0.846. The van der Waals surface area contributed by atoms with E-state index in [-0.39, 0.29) is 12.0 Å². The summed E-state index contributed by atoms with van der Waals surface area (Å²) in [6.07, 6.45) is 3.09. The molecular weight excluding hydrogens is 206 g/mol. The van der Waals surface area contributed by atoms with Gasteiger partial charge in [-0.3, -0.25) is 4.79 Å². The maximum Gasteiger partial charge on any atom is 0.287 e. The second-order valence-corrected chi connectivity index (χ2v) is 3.96. The van der Waals surface area contributed by atoms with Gasteiger partial charge in [-0.15, -0.1) is 0 Å². The van der Waals surface area contributed by atoms with E-state index >= 15 is 0 Å². The Bertz CT molecular complexity index is 353. The molecule has 1 atom stereocenters. The average Bonchev–Trinajstić information content (AvgIpc) is 2.96. The minimum Gasteiger partial charge on any atom is -0.456 e. The van der Waals surface area contributed by atoms with Gasteiger partial charge in [0.2, 0.25) is 0 Å². The van der Waals surface area contributed by atoms with Crippen molar-refractivity contribution in [1.29, 1.82) is 0 Å². The standard InChI is InChI=1S/C12H17NO3/c1-2-9-5-6-11(16-9)12(14)13-8-10-4-3-7-15-10/h5-6,10H,2-4,7-8H2,1H3,(H,13,14)/t10-/m0/s1. The largest absolute Gasteiger partial charge is 0.456 e. The van der Waals surface area contributed by atoms with Crippen LogP contribution in [0.1, 0.15) is 36.1 Å². The van der Waals surface area contributed by atoms with Gasteiger partial charge in [-0.25, -0.2) is 0 Å². The molecule has 1 aromatic rings. The monoisotopic (exact) mass is 223 g/mol. The maximum absolute atomic E-state index is 11.7. The Morgan fingerprint density at radius 3 is 3.06 bits per heavy atom. The Balaban J connectivity index is 1.82. The maximum atomic E-state index is 11.7. The predicted molar refractivity (Wildman–Crippen MR) is 59.4 cm³/mol. The lowest BCUT2D eigenvalue weighted by Crippen LogP contribution is -2.31. The lowest BCUT2D eigenvalue weighted by molar-refractivity contribution is 0.0834. The number of amides is 1. The van der Waals surface area contributed by atoms with Crippen LogP contribution in [-0.4, -0.2) is 25.2 Å². The summed E-state index contributed by atoms with van der Waals surface area (Å²) in [7, 11) is 0. The SMILES string of the molecule is CCc1ccc(C(=O)NC[C@@H]2CCCO2)o1. The number of furan rings is 1. The molecule has 1 N–H and O–H groups in total. The van der Waals surface area contributed by atoms with Crippen molar-refractivity contribution in [3.63, 3.8) is 0 Å². The van der Waals surface area contributed by atoms with Crippen molar-refractivity contribution in [2.75, 3.05) is 13.2 Å². The number of aryl methyl sites for hydroxylation is 1. The first-order valence-electron chi connectivity index (χ1n) is 5.78. The number of hydrogen-bond donors (Lipinski definition) is 1. The van der Waals surface area contributed by atoms with E-state index in [1.807, 2.05) is 13.0 Å². The summed E-state index contributed by atoms with van der Waals surface area (Å²) >= 11 is 0. The second-order valence-electron chi connectivity index (χ2n) is 3.96. The predicted octanol–water partition coefficient (Wildman–Crippen LogP) is 1.75. The van der Waals surface area contributed by atoms with Crippen LogP contribution in [0.5, 0.6) is 0 Å². The van der Waals surface area contributed by atoms with Gasteiger partial charge >= 0.3 is 0 Å². The number of carbonyl (C=O) groups excluding carboxylic acids is 1. The molecule has 0 radical (unpaired) electrons. The lowest BCUT2D eigenvalue weighted by atomic mass is 10.2. The fraction of sp³-hybridized carbons (Fsp3) is 0.583. The van der Waals surface area contributed by atoms with E-state index in [2.05, 4.69) is 5.32 Å². The van der Waals surface area contributed by atoms with E-state index in [4.69, 9.17) is 9.15 Å². The van der Waals surface area contributed by atoms with Crippen molar-refractivity contribution < 1.29 is 13.9 Å². The number of hydrogen-bond acceptors (Lipinski definition) is 3. The smallest absolute Gasteiger partial charge is 0.287 e. The highest BCUT2D eigenvalue weighted by Gasteiger charge is 2.17. The molecule has 1 fully saturated rings. The van der Waals surface area contributed by atoms with Crippen LogP contribution >= 0.6 is 0 Å².